The zero-order chi connectivity index (χ0) is 5.86. The molecule has 1 fully saturated rings. The lowest BCUT2D eigenvalue weighted by Gasteiger charge is -1.66. The molecule has 7 heavy (non-hydrogen) atoms. The molecular formula is C5H14N2. The van der Waals surface area contributed by atoms with E-state index in [1.165, 1.54) is 6.42 Å². The van der Waals surface area contributed by atoms with E-state index in [1.807, 2.05) is 0 Å². The van der Waals surface area contributed by atoms with Gasteiger partial charge in [0.1, 0.15) is 0 Å². The molecule has 1 aliphatic rings. The van der Waals surface area contributed by atoms with Gasteiger partial charge in [-0.15, -0.1) is 0 Å². The molecule has 2 unspecified atom stereocenters. The van der Waals surface area contributed by atoms with Gasteiger partial charge in [-0.1, -0.05) is 13.8 Å². The second-order valence-electron chi connectivity index (χ2n) is 2.19. The zero-order valence-corrected chi connectivity index (χ0v) is 5.02. The molecule has 0 aromatic heterocycles. The molecule has 0 saturated heterocycles. The summed E-state index contributed by atoms with van der Waals surface area (Å²) < 4.78 is 0. The van der Waals surface area contributed by atoms with Gasteiger partial charge in [0.15, 0.2) is 0 Å². The average Bonchev–Trinajstić information content (AvgIpc) is 2.27. The standard InChI is InChI=1S/C5H10.H4N2/c1-4-3-5(4)2;1-2/h4-5H,3H2,1-2H3;1-2H2. The van der Waals surface area contributed by atoms with E-state index in [1.54, 1.807) is 0 Å². The lowest BCUT2D eigenvalue weighted by molar-refractivity contribution is 0.834. The molecule has 1 saturated carbocycles. The molecule has 0 heterocycles. The van der Waals surface area contributed by atoms with E-state index in [2.05, 4.69) is 25.5 Å². The minimum atomic E-state index is 1.05. The normalized spacial score (nSPS) is 36.0. The molecule has 0 radical (unpaired) electrons. The van der Waals surface area contributed by atoms with E-state index in [4.69, 9.17) is 0 Å². The molecule has 44 valence electrons. The number of rotatable bonds is 0. The summed E-state index contributed by atoms with van der Waals surface area (Å²) in [6.45, 7) is 4.59. The van der Waals surface area contributed by atoms with Crippen LogP contribution in [-0.4, -0.2) is 0 Å². The van der Waals surface area contributed by atoms with E-state index in [-0.39, 0.29) is 0 Å². The molecule has 0 bridgehead atoms. The van der Waals surface area contributed by atoms with Gasteiger partial charge in [-0.05, 0) is 18.3 Å². The Hall–Kier alpha value is -0.0800. The zero-order valence-electron chi connectivity index (χ0n) is 5.02. The van der Waals surface area contributed by atoms with Gasteiger partial charge in [0.2, 0.25) is 0 Å². The Bertz CT molecular complexity index is 39.3. The van der Waals surface area contributed by atoms with E-state index in [0.717, 1.165) is 11.8 Å². The second kappa shape index (κ2) is 2.99. The minimum absolute atomic E-state index is 1.05. The van der Waals surface area contributed by atoms with Crippen LogP contribution in [0.2, 0.25) is 0 Å². The van der Waals surface area contributed by atoms with Crippen molar-refractivity contribution in [1.29, 1.82) is 0 Å². The van der Waals surface area contributed by atoms with Crippen LogP contribution >= 0.6 is 0 Å². The Morgan fingerprint density at radius 3 is 1.29 bits per heavy atom. The monoisotopic (exact) mass is 102 g/mol. The summed E-state index contributed by atoms with van der Waals surface area (Å²) in [5, 5.41) is 0. The van der Waals surface area contributed by atoms with Crippen molar-refractivity contribution in [3.8, 4) is 0 Å². The Balaban J connectivity index is 0.000000162. The maximum absolute atomic E-state index is 4.00. The first-order valence-electron chi connectivity index (χ1n) is 2.64. The summed E-state index contributed by atoms with van der Waals surface area (Å²) in [7, 11) is 0. The van der Waals surface area contributed by atoms with Gasteiger partial charge >= 0.3 is 0 Å². The van der Waals surface area contributed by atoms with Gasteiger partial charge in [0.05, 0.1) is 0 Å². The topological polar surface area (TPSA) is 52.0 Å². The molecule has 0 amide bonds. The summed E-state index contributed by atoms with van der Waals surface area (Å²) in [6, 6.07) is 0. The molecule has 0 spiro atoms. The van der Waals surface area contributed by atoms with Crippen LogP contribution in [0, 0.1) is 11.8 Å². The predicted molar refractivity (Wildman–Crippen MR) is 31.3 cm³/mol. The van der Waals surface area contributed by atoms with E-state index >= 15 is 0 Å². The highest BCUT2D eigenvalue weighted by atomic mass is 15.0. The molecule has 2 atom stereocenters. The molecule has 4 N–H and O–H groups in total. The maximum atomic E-state index is 4.00. The molecule has 2 heteroatoms. The van der Waals surface area contributed by atoms with Crippen LogP contribution < -0.4 is 11.7 Å². The summed E-state index contributed by atoms with van der Waals surface area (Å²) in [4.78, 5) is 0. The predicted octanol–water partition coefficient (Wildman–Crippen LogP) is 0.481. The molecular weight excluding hydrogens is 88.1 g/mol. The third-order valence-corrected chi connectivity index (χ3v) is 1.51. The lowest BCUT2D eigenvalue weighted by atomic mass is 10.4. The van der Waals surface area contributed by atoms with Crippen molar-refractivity contribution in [2.24, 2.45) is 23.5 Å². The first kappa shape index (κ1) is 6.92. The van der Waals surface area contributed by atoms with Crippen LogP contribution in [-0.2, 0) is 0 Å². The first-order chi connectivity index (χ1) is 3.30. The highest BCUT2D eigenvalue weighted by Gasteiger charge is 2.26. The summed E-state index contributed by atoms with van der Waals surface area (Å²) in [6.07, 6.45) is 1.47. The SMILES string of the molecule is CC1CC1C.NN. The Morgan fingerprint density at radius 2 is 1.29 bits per heavy atom. The average molecular weight is 102 g/mol. The molecule has 0 aliphatic heterocycles. The fraction of sp³-hybridized carbons (Fsp3) is 1.00. The summed E-state index contributed by atoms with van der Waals surface area (Å²) >= 11 is 0. The number of hydrazine groups is 1. The Morgan fingerprint density at radius 1 is 1.14 bits per heavy atom. The van der Waals surface area contributed by atoms with Gasteiger partial charge in [0, 0.05) is 0 Å². The largest absolute Gasteiger partial charge is 0.274 e. The van der Waals surface area contributed by atoms with Crippen LogP contribution in [0.4, 0.5) is 0 Å². The Kier molecular flexibility index (Phi) is 2.96. The summed E-state index contributed by atoms with van der Waals surface area (Å²) in [5.74, 6) is 10.1. The molecule has 1 rings (SSSR count). The second-order valence-corrected chi connectivity index (χ2v) is 2.19. The van der Waals surface area contributed by atoms with Gasteiger partial charge in [0.25, 0.3) is 0 Å². The third kappa shape index (κ3) is 2.60. The molecule has 0 aromatic carbocycles. The van der Waals surface area contributed by atoms with Crippen LogP contribution in [0.25, 0.3) is 0 Å². The first-order valence-corrected chi connectivity index (χ1v) is 2.64. The number of hydrogen-bond donors (Lipinski definition) is 2. The quantitative estimate of drug-likeness (QED) is 0.345. The van der Waals surface area contributed by atoms with Gasteiger partial charge in [-0.2, -0.15) is 0 Å². The van der Waals surface area contributed by atoms with Crippen molar-refractivity contribution in [3.63, 3.8) is 0 Å². The fourth-order valence-electron chi connectivity index (χ4n) is 0.508. The van der Waals surface area contributed by atoms with E-state index in [9.17, 15) is 0 Å². The van der Waals surface area contributed by atoms with Gasteiger partial charge in [-0.3, -0.25) is 11.7 Å². The van der Waals surface area contributed by atoms with Crippen molar-refractivity contribution in [2.45, 2.75) is 20.3 Å². The van der Waals surface area contributed by atoms with Crippen LogP contribution in [0.5, 0.6) is 0 Å². The number of hydrogen-bond acceptors (Lipinski definition) is 2. The maximum Gasteiger partial charge on any atom is -0.0414 e. The number of nitrogens with two attached hydrogens (primary N) is 2. The van der Waals surface area contributed by atoms with Crippen molar-refractivity contribution < 1.29 is 0 Å². The van der Waals surface area contributed by atoms with Crippen molar-refractivity contribution in [3.05, 3.63) is 0 Å². The van der Waals surface area contributed by atoms with Crippen molar-refractivity contribution >= 4 is 0 Å². The molecule has 2 nitrogen and oxygen atoms in total. The van der Waals surface area contributed by atoms with Crippen LogP contribution in [0.1, 0.15) is 20.3 Å². The smallest absolute Gasteiger partial charge is 0.0414 e. The van der Waals surface area contributed by atoms with Gasteiger partial charge in [-0.25, -0.2) is 0 Å². The Labute approximate surface area is 44.8 Å². The summed E-state index contributed by atoms with van der Waals surface area (Å²) in [5.41, 5.74) is 0. The highest BCUT2D eigenvalue weighted by molar-refractivity contribution is 4.76. The van der Waals surface area contributed by atoms with E-state index < -0.39 is 0 Å². The van der Waals surface area contributed by atoms with Crippen LogP contribution in [0.3, 0.4) is 0 Å². The lowest BCUT2D eigenvalue weighted by Crippen LogP contribution is -2.02. The van der Waals surface area contributed by atoms with Gasteiger partial charge < -0.3 is 0 Å². The van der Waals surface area contributed by atoms with Crippen LogP contribution in [0.15, 0.2) is 0 Å². The van der Waals surface area contributed by atoms with Crippen molar-refractivity contribution in [1.82, 2.24) is 0 Å². The van der Waals surface area contributed by atoms with Crippen molar-refractivity contribution in [2.75, 3.05) is 0 Å². The minimum Gasteiger partial charge on any atom is -0.274 e. The fourth-order valence-corrected chi connectivity index (χ4v) is 0.508. The third-order valence-electron chi connectivity index (χ3n) is 1.51. The highest BCUT2D eigenvalue weighted by Crippen LogP contribution is 2.36. The molecule has 0 aromatic rings. The van der Waals surface area contributed by atoms with E-state index in [0.29, 0.717) is 0 Å². The molecule has 1 aliphatic carbocycles.